The van der Waals surface area contributed by atoms with Crippen LogP contribution in [0.2, 0.25) is 0 Å². The number of hydrogen-bond donors (Lipinski definition) is 1. The molecular formula is C20H21NO3. The lowest BCUT2D eigenvalue weighted by Gasteiger charge is -2.11. The zero-order valence-electron chi connectivity index (χ0n) is 13.8. The van der Waals surface area contributed by atoms with E-state index in [0.717, 1.165) is 11.1 Å². The second-order valence-corrected chi connectivity index (χ2v) is 6.15. The van der Waals surface area contributed by atoms with Crippen molar-refractivity contribution in [3.05, 3.63) is 71.8 Å². The summed E-state index contributed by atoms with van der Waals surface area (Å²) >= 11 is 0. The highest BCUT2D eigenvalue weighted by molar-refractivity contribution is 5.89. The SMILES string of the molecule is COC(=O)[C@H](C)NC(=O)C1[C@@H](c2ccccc2)[C@@H]1c1ccccc1. The third-order valence-electron chi connectivity index (χ3n) is 4.60. The fourth-order valence-corrected chi connectivity index (χ4v) is 3.36. The van der Waals surface area contributed by atoms with Gasteiger partial charge in [0, 0.05) is 11.8 Å². The van der Waals surface area contributed by atoms with Crippen molar-refractivity contribution in [2.45, 2.75) is 24.8 Å². The summed E-state index contributed by atoms with van der Waals surface area (Å²) in [5.41, 5.74) is 2.30. The number of amides is 1. The third kappa shape index (κ3) is 3.18. The van der Waals surface area contributed by atoms with Gasteiger partial charge in [-0.2, -0.15) is 0 Å². The number of carbonyl (C=O) groups excluding carboxylic acids is 2. The number of hydrogen-bond acceptors (Lipinski definition) is 3. The van der Waals surface area contributed by atoms with Gasteiger partial charge in [-0.05, 0) is 18.1 Å². The summed E-state index contributed by atoms with van der Waals surface area (Å²) in [7, 11) is 1.32. The highest BCUT2D eigenvalue weighted by Crippen LogP contribution is 2.60. The first kappa shape index (κ1) is 16.2. The molecule has 124 valence electrons. The van der Waals surface area contributed by atoms with Gasteiger partial charge in [0.2, 0.25) is 5.91 Å². The monoisotopic (exact) mass is 323 g/mol. The van der Waals surface area contributed by atoms with Crippen molar-refractivity contribution in [1.82, 2.24) is 5.32 Å². The predicted octanol–water partition coefficient (Wildman–Crippen LogP) is 2.86. The van der Waals surface area contributed by atoms with E-state index in [1.807, 2.05) is 36.4 Å². The lowest BCUT2D eigenvalue weighted by Crippen LogP contribution is -2.40. The molecule has 1 fully saturated rings. The Bertz CT molecular complexity index is 669. The van der Waals surface area contributed by atoms with Crippen LogP contribution in [0.1, 0.15) is 29.9 Å². The second-order valence-electron chi connectivity index (χ2n) is 6.15. The van der Waals surface area contributed by atoms with E-state index in [4.69, 9.17) is 0 Å². The molecule has 1 aliphatic carbocycles. The molecule has 1 saturated carbocycles. The summed E-state index contributed by atoms with van der Waals surface area (Å²) in [4.78, 5) is 24.2. The van der Waals surface area contributed by atoms with Crippen molar-refractivity contribution in [3.8, 4) is 0 Å². The number of esters is 1. The molecule has 24 heavy (non-hydrogen) atoms. The molecule has 0 spiro atoms. The van der Waals surface area contributed by atoms with Crippen molar-refractivity contribution in [1.29, 1.82) is 0 Å². The average molecular weight is 323 g/mol. The van der Waals surface area contributed by atoms with Crippen LogP contribution in [0.25, 0.3) is 0 Å². The fourth-order valence-electron chi connectivity index (χ4n) is 3.36. The fraction of sp³-hybridized carbons (Fsp3) is 0.300. The minimum absolute atomic E-state index is 0.101. The number of methoxy groups -OCH3 is 1. The Hall–Kier alpha value is -2.62. The van der Waals surface area contributed by atoms with Crippen LogP contribution in [0, 0.1) is 5.92 Å². The first-order chi connectivity index (χ1) is 11.6. The van der Waals surface area contributed by atoms with Gasteiger partial charge in [0.1, 0.15) is 6.04 Å². The second kappa shape index (κ2) is 6.87. The minimum Gasteiger partial charge on any atom is -0.467 e. The van der Waals surface area contributed by atoms with E-state index in [9.17, 15) is 9.59 Å². The van der Waals surface area contributed by atoms with Gasteiger partial charge in [-0.15, -0.1) is 0 Å². The molecule has 1 amide bonds. The van der Waals surface area contributed by atoms with Crippen molar-refractivity contribution in [2.24, 2.45) is 5.92 Å². The Morgan fingerprint density at radius 3 is 1.79 bits per heavy atom. The van der Waals surface area contributed by atoms with Crippen molar-refractivity contribution < 1.29 is 14.3 Å². The van der Waals surface area contributed by atoms with Crippen LogP contribution in [-0.4, -0.2) is 25.0 Å². The Balaban J connectivity index is 1.82. The molecular weight excluding hydrogens is 302 g/mol. The Morgan fingerprint density at radius 1 is 0.917 bits per heavy atom. The summed E-state index contributed by atoms with van der Waals surface area (Å²) in [6.07, 6.45) is 0. The molecule has 0 heterocycles. The highest BCUT2D eigenvalue weighted by atomic mass is 16.5. The number of benzene rings is 2. The van der Waals surface area contributed by atoms with E-state index in [0.29, 0.717) is 0 Å². The predicted molar refractivity (Wildman–Crippen MR) is 91.5 cm³/mol. The van der Waals surface area contributed by atoms with Gasteiger partial charge in [0.25, 0.3) is 0 Å². The molecule has 3 rings (SSSR count). The Labute approximate surface area is 141 Å². The third-order valence-corrected chi connectivity index (χ3v) is 4.60. The van der Waals surface area contributed by atoms with Gasteiger partial charge in [0.05, 0.1) is 13.0 Å². The molecule has 0 aromatic heterocycles. The minimum atomic E-state index is -0.643. The molecule has 0 aliphatic heterocycles. The molecule has 1 aliphatic rings. The first-order valence-corrected chi connectivity index (χ1v) is 8.11. The van der Waals surface area contributed by atoms with Crippen LogP contribution in [-0.2, 0) is 14.3 Å². The number of nitrogens with one attached hydrogen (secondary N) is 1. The van der Waals surface area contributed by atoms with E-state index in [1.54, 1.807) is 6.92 Å². The molecule has 2 aromatic carbocycles. The van der Waals surface area contributed by atoms with Gasteiger partial charge in [-0.25, -0.2) is 4.79 Å². The number of ether oxygens (including phenoxy) is 1. The highest BCUT2D eigenvalue weighted by Gasteiger charge is 2.56. The van der Waals surface area contributed by atoms with Gasteiger partial charge >= 0.3 is 5.97 Å². The van der Waals surface area contributed by atoms with Crippen LogP contribution < -0.4 is 5.32 Å². The standard InChI is InChI=1S/C20H21NO3/c1-13(20(23)24-2)21-19(22)18-16(14-9-5-3-6-10-14)17(18)15-11-7-4-8-12-15/h3-13,16-18H,1-2H3,(H,21,22)/t13-,16-,17-/m0/s1. The average Bonchev–Trinajstić information content (AvgIpc) is 3.38. The van der Waals surface area contributed by atoms with Crippen molar-refractivity contribution in [2.75, 3.05) is 7.11 Å². The zero-order chi connectivity index (χ0) is 17.1. The van der Waals surface area contributed by atoms with E-state index in [1.165, 1.54) is 7.11 Å². The molecule has 4 heteroatoms. The molecule has 2 aromatic rings. The van der Waals surface area contributed by atoms with Crippen LogP contribution >= 0.6 is 0 Å². The summed E-state index contributed by atoms with van der Waals surface area (Å²) in [6.45, 7) is 1.64. The maximum atomic E-state index is 12.7. The summed E-state index contributed by atoms with van der Waals surface area (Å²) in [5, 5.41) is 2.78. The maximum Gasteiger partial charge on any atom is 0.328 e. The summed E-state index contributed by atoms with van der Waals surface area (Å²) in [5.74, 6) is -0.425. The van der Waals surface area contributed by atoms with Gasteiger partial charge in [0.15, 0.2) is 0 Å². The van der Waals surface area contributed by atoms with Crippen LogP contribution in [0.5, 0.6) is 0 Å². The largest absolute Gasteiger partial charge is 0.467 e. The van der Waals surface area contributed by atoms with E-state index < -0.39 is 12.0 Å². The zero-order valence-corrected chi connectivity index (χ0v) is 13.8. The molecule has 4 nitrogen and oxygen atoms in total. The van der Waals surface area contributed by atoms with Gasteiger partial charge in [-0.1, -0.05) is 60.7 Å². The molecule has 3 atom stereocenters. The van der Waals surface area contributed by atoms with Gasteiger partial charge < -0.3 is 10.1 Å². The van der Waals surface area contributed by atoms with E-state index >= 15 is 0 Å². The lowest BCUT2D eigenvalue weighted by molar-refractivity contribution is -0.144. The maximum absolute atomic E-state index is 12.7. The summed E-state index contributed by atoms with van der Waals surface area (Å²) < 4.78 is 4.68. The van der Waals surface area contributed by atoms with Crippen molar-refractivity contribution in [3.63, 3.8) is 0 Å². The Morgan fingerprint density at radius 2 is 1.38 bits per heavy atom. The van der Waals surface area contributed by atoms with Crippen LogP contribution in [0.3, 0.4) is 0 Å². The van der Waals surface area contributed by atoms with Crippen molar-refractivity contribution >= 4 is 11.9 Å². The number of rotatable bonds is 5. The lowest BCUT2D eigenvalue weighted by atomic mass is 10.0. The summed E-state index contributed by atoms with van der Waals surface area (Å²) in [6, 6.07) is 19.5. The molecule has 1 N–H and O–H groups in total. The Kier molecular flexibility index (Phi) is 4.65. The number of carbonyl (C=O) groups is 2. The normalized spacial score (nSPS) is 23.2. The molecule has 0 radical (unpaired) electrons. The van der Waals surface area contributed by atoms with E-state index in [-0.39, 0.29) is 23.7 Å². The van der Waals surface area contributed by atoms with Gasteiger partial charge in [-0.3, -0.25) is 4.79 Å². The molecule has 0 bridgehead atoms. The first-order valence-electron chi connectivity index (χ1n) is 8.11. The van der Waals surface area contributed by atoms with E-state index in [2.05, 4.69) is 34.3 Å². The smallest absolute Gasteiger partial charge is 0.328 e. The topological polar surface area (TPSA) is 55.4 Å². The molecule has 0 unspecified atom stereocenters. The van der Waals surface area contributed by atoms with Crippen LogP contribution in [0.15, 0.2) is 60.7 Å². The quantitative estimate of drug-likeness (QED) is 0.861. The molecule has 0 saturated heterocycles. The van der Waals surface area contributed by atoms with Crippen LogP contribution in [0.4, 0.5) is 0 Å².